The third-order valence-electron chi connectivity index (χ3n) is 3.77. The van der Waals surface area contributed by atoms with Crippen LogP contribution in [0.1, 0.15) is 19.8 Å². The summed E-state index contributed by atoms with van der Waals surface area (Å²) in [5.41, 5.74) is 0.597. The summed E-state index contributed by atoms with van der Waals surface area (Å²) in [6.07, 6.45) is 2.36. The van der Waals surface area contributed by atoms with Gasteiger partial charge >= 0.3 is 5.76 Å². The summed E-state index contributed by atoms with van der Waals surface area (Å²) in [6, 6.07) is 5.74. The molecule has 0 N–H and O–H groups in total. The molecule has 112 valence electrons. The summed E-state index contributed by atoms with van der Waals surface area (Å²) < 4.78 is 19.4. The molecule has 1 aliphatic rings. The van der Waals surface area contributed by atoms with Crippen molar-refractivity contribution in [3.05, 3.63) is 40.6 Å². The van der Waals surface area contributed by atoms with E-state index in [1.807, 2.05) is 0 Å². The van der Waals surface area contributed by atoms with Crippen molar-refractivity contribution < 1.29 is 8.81 Å². The summed E-state index contributed by atoms with van der Waals surface area (Å²) >= 11 is 0. The van der Waals surface area contributed by atoms with Crippen LogP contribution in [0, 0.1) is 11.7 Å². The van der Waals surface area contributed by atoms with E-state index < -0.39 is 5.76 Å². The first-order valence-electron chi connectivity index (χ1n) is 7.18. The molecule has 0 radical (unpaired) electrons. The van der Waals surface area contributed by atoms with Crippen LogP contribution in [0.2, 0.25) is 0 Å². The van der Waals surface area contributed by atoms with Crippen molar-refractivity contribution in [3.63, 3.8) is 0 Å². The number of piperidine rings is 1. The SMILES string of the molecule is CC1CCCN(Cn2nc(-c3ccc(F)cc3)oc2=O)C1. The summed E-state index contributed by atoms with van der Waals surface area (Å²) in [5, 5.41) is 4.20. The van der Waals surface area contributed by atoms with Gasteiger partial charge in [0.2, 0.25) is 5.89 Å². The summed E-state index contributed by atoms with van der Waals surface area (Å²) in [7, 11) is 0. The number of hydrogen-bond acceptors (Lipinski definition) is 4. The van der Waals surface area contributed by atoms with Gasteiger partial charge in [0, 0.05) is 12.1 Å². The minimum absolute atomic E-state index is 0.227. The normalized spacial score (nSPS) is 19.8. The number of hydrogen-bond donors (Lipinski definition) is 0. The average molecular weight is 291 g/mol. The smallest absolute Gasteiger partial charge is 0.388 e. The zero-order valence-electron chi connectivity index (χ0n) is 12.0. The minimum Gasteiger partial charge on any atom is -0.388 e. The maximum absolute atomic E-state index is 12.9. The van der Waals surface area contributed by atoms with Gasteiger partial charge in [-0.3, -0.25) is 4.90 Å². The molecule has 21 heavy (non-hydrogen) atoms. The van der Waals surface area contributed by atoms with Crippen molar-refractivity contribution >= 4 is 0 Å². The van der Waals surface area contributed by atoms with Crippen molar-refractivity contribution in [2.75, 3.05) is 13.1 Å². The Morgan fingerprint density at radius 1 is 1.38 bits per heavy atom. The minimum atomic E-state index is -0.479. The van der Waals surface area contributed by atoms with E-state index in [-0.39, 0.29) is 11.7 Å². The lowest BCUT2D eigenvalue weighted by atomic mass is 10.0. The van der Waals surface area contributed by atoms with E-state index >= 15 is 0 Å². The molecule has 0 spiro atoms. The first kappa shape index (κ1) is 14.0. The average Bonchev–Trinajstić information content (AvgIpc) is 2.81. The maximum atomic E-state index is 12.9. The molecule has 0 aliphatic carbocycles. The number of likely N-dealkylation sites (tertiary alicyclic amines) is 1. The Morgan fingerprint density at radius 2 is 2.14 bits per heavy atom. The molecule has 1 aliphatic heterocycles. The summed E-state index contributed by atoms with van der Waals surface area (Å²) in [5.74, 6) is 0.0540. The van der Waals surface area contributed by atoms with Gasteiger partial charge in [-0.1, -0.05) is 6.92 Å². The van der Waals surface area contributed by atoms with Crippen LogP contribution in [0.15, 0.2) is 33.5 Å². The van der Waals surface area contributed by atoms with E-state index in [0.29, 0.717) is 18.2 Å². The highest BCUT2D eigenvalue weighted by atomic mass is 19.1. The molecule has 1 atom stereocenters. The van der Waals surface area contributed by atoms with Crippen LogP contribution in [0.25, 0.3) is 11.5 Å². The van der Waals surface area contributed by atoms with E-state index in [2.05, 4.69) is 16.9 Å². The van der Waals surface area contributed by atoms with E-state index in [1.54, 1.807) is 12.1 Å². The van der Waals surface area contributed by atoms with Crippen LogP contribution < -0.4 is 5.76 Å². The van der Waals surface area contributed by atoms with Crippen molar-refractivity contribution in [2.45, 2.75) is 26.4 Å². The van der Waals surface area contributed by atoms with Crippen LogP contribution in [0.3, 0.4) is 0 Å². The molecule has 1 aromatic heterocycles. The topological polar surface area (TPSA) is 51.3 Å². The van der Waals surface area contributed by atoms with Gasteiger partial charge in [0.15, 0.2) is 0 Å². The van der Waals surface area contributed by atoms with Crippen LogP contribution in [0.5, 0.6) is 0 Å². The molecule has 2 heterocycles. The Balaban J connectivity index is 1.78. The van der Waals surface area contributed by atoms with Gasteiger partial charge in [0.05, 0.1) is 0 Å². The Morgan fingerprint density at radius 3 is 2.86 bits per heavy atom. The standard InChI is InChI=1S/C15H18FN3O2/c1-11-3-2-8-18(9-11)10-19-15(20)21-14(17-19)12-4-6-13(16)7-5-12/h4-7,11H,2-3,8-10H2,1H3. The number of aromatic nitrogens is 2. The van der Waals surface area contributed by atoms with Gasteiger partial charge in [-0.05, 0) is 49.6 Å². The zero-order chi connectivity index (χ0) is 14.8. The lowest BCUT2D eigenvalue weighted by Gasteiger charge is -2.29. The van der Waals surface area contributed by atoms with Gasteiger partial charge in [0.25, 0.3) is 0 Å². The second kappa shape index (κ2) is 5.81. The molecule has 0 bridgehead atoms. The van der Waals surface area contributed by atoms with Crippen molar-refractivity contribution in [1.29, 1.82) is 0 Å². The fourth-order valence-corrected chi connectivity index (χ4v) is 2.71. The second-order valence-corrected chi connectivity index (χ2v) is 5.65. The third-order valence-corrected chi connectivity index (χ3v) is 3.77. The number of nitrogens with zero attached hydrogens (tertiary/aromatic N) is 3. The second-order valence-electron chi connectivity index (χ2n) is 5.65. The number of halogens is 1. The van der Waals surface area contributed by atoms with Crippen LogP contribution in [-0.2, 0) is 6.67 Å². The fourth-order valence-electron chi connectivity index (χ4n) is 2.71. The van der Waals surface area contributed by atoms with Crippen molar-refractivity contribution in [1.82, 2.24) is 14.7 Å². The van der Waals surface area contributed by atoms with Crippen LogP contribution in [-0.4, -0.2) is 27.8 Å². The first-order chi connectivity index (χ1) is 10.1. The third kappa shape index (κ3) is 3.21. The van der Waals surface area contributed by atoms with Crippen molar-refractivity contribution in [2.24, 2.45) is 5.92 Å². The Labute approximate surface area is 122 Å². The molecular formula is C15H18FN3O2. The fraction of sp³-hybridized carbons (Fsp3) is 0.467. The first-order valence-corrected chi connectivity index (χ1v) is 7.18. The van der Waals surface area contributed by atoms with Crippen molar-refractivity contribution in [3.8, 4) is 11.5 Å². The molecule has 1 fully saturated rings. The van der Waals surface area contributed by atoms with Gasteiger partial charge in [0.1, 0.15) is 12.5 Å². The Hall–Kier alpha value is -1.95. The van der Waals surface area contributed by atoms with E-state index in [4.69, 9.17) is 4.42 Å². The Bertz CT molecular complexity index is 662. The van der Waals surface area contributed by atoms with Gasteiger partial charge < -0.3 is 4.42 Å². The number of benzene rings is 1. The van der Waals surface area contributed by atoms with E-state index in [0.717, 1.165) is 19.5 Å². The lowest BCUT2D eigenvalue weighted by Crippen LogP contribution is -2.38. The Kier molecular flexibility index (Phi) is 3.88. The quantitative estimate of drug-likeness (QED) is 0.871. The van der Waals surface area contributed by atoms with Gasteiger partial charge in [-0.2, -0.15) is 4.68 Å². The largest absolute Gasteiger partial charge is 0.438 e. The molecular weight excluding hydrogens is 273 g/mol. The van der Waals surface area contributed by atoms with E-state index in [1.165, 1.54) is 23.2 Å². The summed E-state index contributed by atoms with van der Waals surface area (Å²) in [4.78, 5) is 14.1. The molecule has 0 amide bonds. The zero-order valence-corrected chi connectivity index (χ0v) is 12.0. The molecule has 1 unspecified atom stereocenters. The monoisotopic (exact) mass is 291 g/mol. The maximum Gasteiger partial charge on any atom is 0.438 e. The van der Waals surface area contributed by atoms with Gasteiger partial charge in [-0.25, -0.2) is 9.18 Å². The van der Waals surface area contributed by atoms with Crippen LogP contribution >= 0.6 is 0 Å². The predicted molar refractivity (Wildman–Crippen MR) is 76.1 cm³/mol. The molecule has 5 nitrogen and oxygen atoms in total. The lowest BCUT2D eigenvalue weighted by molar-refractivity contribution is 0.135. The number of rotatable bonds is 3. The predicted octanol–water partition coefficient (Wildman–Crippen LogP) is 2.33. The molecule has 1 saturated heterocycles. The highest BCUT2D eigenvalue weighted by molar-refractivity contribution is 5.51. The highest BCUT2D eigenvalue weighted by Crippen LogP contribution is 2.17. The van der Waals surface area contributed by atoms with E-state index in [9.17, 15) is 9.18 Å². The highest BCUT2D eigenvalue weighted by Gasteiger charge is 2.19. The van der Waals surface area contributed by atoms with Gasteiger partial charge in [-0.15, -0.1) is 5.10 Å². The molecule has 2 aromatic rings. The molecule has 0 saturated carbocycles. The summed E-state index contributed by atoms with van der Waals surface area (Å²) in [6.45, 7) is 4.58. The molecule has 3 rings (SSSR count). The molecule has 1 aromatic carbocycles. The molecule has 6 heteroatoms. The van der Waals surface area contributed by atoms with Crippen LogP contribution in [0.4, 0.5) is 4.39 Å².